The van der Waals surface area contributed by atoms with E-state index in [0.717, 1.165) is 16.0 Å². The number of hydrogen-bond donors (Lipinski definition) is 1. The lowest BCUT2D eigenvalue weighted by Gasteiger charge is -2.02. The number of carboxylic acid groups (broad SMARTS) is 1. The highest BCUT2D eigenvalue weighted by molar-refractivity contribution is 9.09. The number of aromatic carboxylic acids is 1. The first-order valence-corrected chi connectivity index (χ1v) is 5.87. The van der Waals surface area contributed by atoms with Crippen molar-refractivity contribution in [2.45, 2.75) is 4.90 Å². The predicted molar refractivity (Wildman–Crippen MR) is 57.9 cm³/mol. The van der Waals surface area contributed by atoms with E-state index < -0.39 is 5.97 Å². The first-order valence-electron chi connectivity index (χ1n) is 3.77. The largest absolute Gasteiger partial charge is 0.478 e. The van der Waals surface area contributed by atoms with Gasteiger partial charge in [0.25, 0.3) is 0 Å². The van der Waals surface area contributed by atoms with E-state index >= 15 is 0 Å². The molecule has 0 unspecified atom stereocenters. The van der Waals surface area contributed by atoms with Crippen LogP contribution in [0.1, 0.15) is 10.4 Å². The molecule has 0 heterocycles. The summed E-state index contributed by atoms with van der Waals surface area (Å²) in [6, 6.07) is 7.04. The average molecular weight is 261 g/mol. The van der Waals surface area contributed by atoms with Crippen molar-refractivity contribution >= 4 is 33.7 Å². The molecule has 13 heavy (non-hydrogen) atoms. The minimum atomic E-state index is -0.863. The monoisotopic (exact) mass is 260 g/mol. The van der Waals surface area contributed by atoms with Crippen LogP contribution in [0.5, 0.6) is 0 Å². The van der Waals surface area contributed by atoms with Gasteiger partial charge >= 0.3 is 5.97 Å². The van der Waals surface area contributed by atoms with E-state index in [1.54, 1.807) is 23.9 Å². The molecule has 2 nitrogen and oxygen atoms in total. The lowest BCUT2D eigenvalue weighted by molar-refractivity contribution is 0.0693. The Balaban J connectivity index is 2.84. The van der Waals surface area contributed by atoms with E-state index in [4.69, 9.17) is 5.11 Å². The second kappa shape index (κ2) is 5.29. The van der Waals surface area contributed by atoms with Crippen LogP contribution in [0.3, 0.4) is 0 Å². The van der Waals surface area contributed by atoms with Crippen LogP contribution in [0, 0.1) is 0 Å². The third-order valence-electron chi connectivity index (χ3n) is 1.45. The number of alkyl halides is 1. The summed E-state index contributed by atoms with van der Waals surface area (Å²) in [5, 5.41) is 9.71. The van der Waals surface area contributed by atoms with Gasteiger partial charge in [-0.05, 0) is 12.1 Å². The van der Waals surface area contributed by atoms with Gasteiger partial charge in [0.15, 0.2) is 0 Å². The van der Waals surface area contributed by atoms with Crippen molar-refractivity contribution in [3.8, 4) is 0 Å². The zero-order valence-corrected chi connectivity index (χ0v) is 9.27. The summed E-state index contributed by atoms with van der Waals surface area (Å²) in [7, 11) is 0. The summed E-state index contributed by atoms with van der Waals surface area (Å²) in [5.41, 5.74) is 0.383. The molecule has 4 heteroatoms. The zero-order chi connectivity index (χ0) is 9.68. The SMILES string of the molecule is O=C(O)c1ccccc1SCCBr. The molecular weight excluding hydrogens is 252 g/mol. The predicted octanol–water partition coefficient (Wildman–Crippen LogP) is 2.87. The van der Waals surface area contributed by atoms with E-state index in [0.29, 0.717) is 5.56 Å². The molecule has 0 radical (unpaired) electrons. The van der Waals surface area contributed by atoms with E-state index in [1.807, 2.05) is 12.1 Å². The normalized spacial score (nSPS) is 9.92. The van der Waals surface area contributed by atoms with Gasteiger partial charge in [-0.15, -0.1) is 11.8 Å². The van der Waals surface area contributed by atoms with Crippen molar-refractivity contribution in [1.82, 2.24) is 0 Å². The van der Waals surface area contributed by atoms with Crippen molar-refractivity contribution in [2.24, 2.45) is 0 Å². The highest BCUT2D eigenvalue weighted by Gasteiger charge is 2.08. The van der Waals surface area contributed by atoms with Crippen molar-refractivity contribution in [3.63, 3.8) is 0 Å². The van der Waals surface area contributed by atoms with Gasteiger partial charge in [-0.2, -0.15) is 0 Å². The van der Waals surface area contributed by atoms with Crippen LogP contribution in [0.2, 0.25) is 0 Å². The van der Waals surface area contributed by atoms with Crippen LogP contribution in [0.25, 0.3) is 0 Å². The molecule has 0 aliphatic carbocycles. The number of carbonyl (C=O) groups is 1. The van der Waals surface area contributed by atoms with E-state index in [9.17, 15) is 4.79 Å². The Morgan fingerprint density at radius 2 is 2.15 bits per heavy atom. The summed E-state index contributed by atoms with van der Waals surface area (Å²) in [4.78, 5) is 11.6. The molecule has 1 N–H and O–H groups in total. The first kappa shape index (κ1) is 10.6. The van der Waals surface area contributed by atoms with Crippen molar-refractivity contribution in [1.29, 1.82) is 0 Å². The molecule has 1 aromatic carbocycles. The van der Waals surface area contributed by atoms with Crippen molar-refractivity contribution in [2.75, 3.05) is 11.1 Å². The standard InChI is InChI=1S/C9H9BrO2S/c10-5-6-13-8-4-2-1-3-7(8)9(11)12/h1-4H,5-6H2,(H,11,12). The Morgan fingerprint density at radius 3 is 2.77 bits per heavy atom. The van der Waals surface area contributed by atoms with Crippen LogP contribution in [-0.4, -0.2) is 22.2 Å². The van der Waals surface area contributed by atoms with Gasteiger partial charge in [-0.3, -0.25) is 0 Å². The van der Waals surface area contributed by atoms with Gasteiger partial charge in [-0.25, -0.2) is 4.79 Å². The van der Waals surface area contributed by atoms with Gasteiger partial charge in [-0.1, -0.05) is 28.1 Å². The van der Waals surface area contributed by atoms with Gasteiger partial charge in [0.05, 0.1) is 5.56 Å². The fourth-order valence-corrected chi connectivity index (χ4v) is 2.19. The van der Waals surface area contributed by atoms with Crippen molar-refractivity contribution < 1.29 is 9.90 Å². The maximum absolute atomic E-state index is 10.8. The quantitative estimate of drug-likeness (QED) is 0.668. The molecule has 0 saturated carbocycles. The first-order chi connectivity index (χ1) is 6.25. The van der Waals surface area contributed by atoms with Gasteiger partial charge < -0.3 is 5.11 Å². The number of carboxylic acids is 1. The smallest absolute Gasteiger partial charge is 0.336 e. The molecule has 0 saturated heterocycles. The second-order valence-electron chi connectivity index (χ2n) is 2.34. The Morgan fingerprint density at radius 1 is 1.46 bits per heavy atom. The maximum Gasteiger partial charge on any atom is 0.336 e. The third kappa shape index (κ3) is 3.04. The molecule has 0 fully saturated rings. The minimum absolute atomic E-state index is 0.383. The van der Waals surface area contributed by atoms with E-state index in [1.165, 1.54) is 0 Å². The number of thioether (sulfide) groups is 1. The molecule has 0 aliphatic heterocycles. The Bertz CT molecular complexity index is 301. The molecule has 0 aromatic heterocycles. The van der Waals surface area contributed by atoms with Crippen LogP contribution in [0.15, 0.2) is 29.2 Å². The fraction of sp³-hybridized carbons (Fsp3) is 0.222. The maximum atomic E-state index is 10.8. The fourth-order valence-electron chi connectivity index (χ4n) is 0.918. The van der Waals surface area contributed by atoms with Crippen LogP contribution >= 0.6 is 27.7 Å². The van der Waals surface area contributed by atoms with E-state index in [2.05, 4.69) is 15.9 Å². The number of benzene rings is 1. The topological polar surface area (TPSA) is 37.3 Å². The number of rotatable bonds is 4. The molecule has 0 spiro atoms. The van der Waals surface area contributed by atoms with Crippen LogP contribution in [-0.2, 0) is 0 Å². The minimum Gasteiger partial charge on any atom is -0.478 e. The molecule has 0 bridgehead atoms. The van der Waals surface area contributed by atoms with Crippen LogP contribution < -0.4 is 0 Å². The van der Waals surface area contributed by atoms with Gasteiger partial charge in [0.1, 0.15) is 0 Å². The zero-order valence-electron chi connectivity index (χ0n) is 6.87. The number of halogens is 1. The summed E-state index contributed by atoms with van der Waals surface area (Å²) >= 11 is 4.85. The molecule has 0 atom stereocenters. The summed E-state index contributed by atoms with van der Waals surface area (Å²) in [5.74, 6) is 0.0160. The average Bonchev–Trinajstić information content (AvgIpc) is 2.15. The molecule has 1 aromatic rings. The van der Waals surface area contributed by atoms with Gasteiger partial charge in [0, 0.05) is 16.0 Å². The van der Waals surface area contributed by atoms with E-state index in [-0.39, 0.29) is 0 Å². The second-order valence-corrected chi connectivity index (χ2v) is 4.27. The molecule has 1 rings (SSSR count). The highest BCUT2D eigenvalue weighted by Crippen LogP contribution is 2.22. The summed E-state index contributed by atoms with van der Waals surface area (Å²) in [6.07, 6.45) is 0. The third-order valence-corrected chi connectivity index (χ3v) is 3.45. The molecule has 0 amide bonds. The lowest BCUT2D eigenvalue weighted by Crippen LogP contribution is -1.98. The molecule has 0 aliphatic rings. The summed E-state index contributed by atoms with van der Waals surface area (Å²) in [6.45, 7) is 0. The Labute approximate surface area is 89.5 Å². The summed E-state index contributed by atoms with van der Waals surface area (Å²) < 4.78 is 0. The van der Waals surface area contributed by atoms with Gasteiger partial charge in [0.2, 0.25) is 0 Å². The molecular formula is C9H9BrO2S. The highest BCUT2D eigenvalue weighted by atomic mass is 79.9. The molecule has 70 valence electrons. The van der Waals surface area contributed by atoms with Crippen LogP contribution in [0.4, 0.5) is 0 Å². The Hall–Kier alpha value is -0.480. The Kier molecular flexibility index (Phi) is 4.32. The lowest BCUT2D eigenvalue weighted by atomic mass is 10.2. The number of hydrogen-bond acceptors (Lipinski definition) is 2. The van der Waals surface area contributed by atoms with Crippen molar-refractivity contribution in [3.05, 3.63) is 29.8 Å².